The van der Waals surface area contributed by atoms with Crippen molar-refractivity contribution in [3.63, 3.8) is 0 Å². The fourth-order valence-electron chi connectivity index (χ4n) is 1.36. The second-order valence-corrected chi connectivity index (χ2v) is 4.12. The van der Waals surface area contributed by atoms with Crippen molar-refractivity contribution in [2.24, 2.45) is 0 Å². The number of rotatable bonds is 6. The molecule has 0 fully saturated rings. The quantitative estimate of drug-likeness (QED) is 0.730. The molecular formula is C10H14N4S. The SMILES string of the molecule is c1n[nH]c(CCCNCc2ccsc2)n1. The molecule has 0 bridgehead atoms. The van der Waals surface area contributed by atoms with Crippen molar-refractivity contribution in [3.8, 4) is 0 Å². The third-order valence-electron chi connectivity index (χ3n) is 2.14. The predicted molar refractivity (Wildman–Crippen MR) is 60.7 cm³/mol. The molecule has 15 heavy (non-hydrogen) atoms. The molecule has 0 unspecified atom stereocenters. The van der Waals surface area contributed by atoms with Gasteiger partial charge in [0.1, 0.15) is 12.2 Å². The lowest BCUT2D eigenvalue weighted by molar-refractivity contribution is 0.640. The summed E-state index contributed by atoms with van der Waals surface area (Å²) in [5.41, 5.74) is 1.36. The fraction of sp³-hybridized carbons (Fsp3) is 0.400. The van der Waals surface area contributed by atoms with Crippen LogP contribution in [0.15, 0.2) is 23.2 Å². The van der Waals surface area contributed by atoms with Crippen molar-refractivity contribution in [2.45, 2.75) is 19.4 Å². The normalized spacial score (nSPS) is 10.7. The first-order valence-corrected chi connectivity index (χ1v) is 5.95. The summed E-state index contributed by atoms with van der Waals surface area (Å²) < 4.78 is 0. The van der Waals surface area contributed by atoms with Gasteiger partial charge in [-0.05, 0) is 35.4 Å². The van der Waals surface area contributed by atoms with Crippen molar-refractivity contribution < 1.29 is 0 Å². The number of aromatic nitrogens is 3. The van der Waals surface area contributed by atoms with E-state index in [1.54, 1.807) is 17.7 Å². The van der Waals surface area contributed by atoms with E-state index in [1.165, 1.54) is 5.56 Å². The highest BCUT2D eigenvalue weighted by Crippen LogP contribution is 2.04. The van der Waals surface area contributed by atoms with E-state index < -0.39 is 0 Å². The maximum absolute atomic E-state index is 4.07. The first-order valence-electron chi connectivity index (χ1n) is 5.01. The average Bonchev–Trinajstić information content (AvgIpc) is 2.88. The standard InChI is InChI=1S/C10H14N4S/c1(2-10-12-8-13-14-10)4-11-6-9-3-5-15-7-9/h3,5,7-8,11H,1-2,4,6H2,(H,12,13,14). The van der Waals surface area contributed by atoms with Crippen LogP contribution < -0.4 is 5.32 Å². The summed E-state index contributed by atoms with van der Waals surface area (Å²) >= 11 is 1.74. The number of thiophene rings is 1. The van der Waals surface area contributed by atoms with Gasteiger partial charge in [0.05, 0.1) is 0 Å². The largest absolute Gasteiger partial charge is 0.313 e. The molecule has 0 atom stereocenters. The summed E-state index contributed by atoms with van der Waals surface area (Å²) in [6.07, 6.45) is 3.59. The molecule has 0 aliphatic heterocycles. The van der Waals surface area contributed by atoms with E-state index in [1.807, 2.05) is 0 Å². The van der Waals surface area contributed by atoms with Gasteiger partial charge in [-0.1, -0.05) is 0 Å². The molecule has 0 aliphatic carbocycles. The molecule has 0 amide bonds. The molecule has 4 nitrogen and oxygen atoms in total. The molecule has 0 spiro atoms. The maximum atomic E-state index is 4.07. The third kappa shape index (κ3) is 3.45. The Labute approximate surface area is 92.8 Å². The Kier molecular flexibility index (Phi) is 3.87. The third-order valence-corrected chi connectivity index (χ3v) is 2.87. The molecule has 0 saturated heterocycles. The molecule has 0 aromatic carbocycles. The van der Waals surface area contributed by atoms with Crippen LogP contribution in [0.25, 0.3) is 0 Å². The van der Waals surface area contributed by atoms with Crippen molar-refractivity contribution >= 4 is 11.3 Å². The van der Waals surface area contributed by atoms with E-state index in [-0.39, 0.29) is 0 Å². The Balaban J connectivity index is 1.56. The number of nitrogens with one attached hydrogen (secondary N) is 2. The number of aromatic amines is 1. The molecule has 5 heteroatoms. The molecule has 0 saturated carbocycles. The first-order chi connectivity index (χ1) is 7.45. The molecule has 0 aliphatic rings. The molecule has 2 aromatic rings. The highest BCUT2D eigenvalue weighted by atomic mass is 32.1. The maximum Gasteiger partial charge on any atom is 0.137 e. The zero-order chi connectivity index (χ0) is 10.3. The summed E-state index contributed by atoms with van der Waals surface area (Å²) in [7, 11) is 0. The van der Waals surface area contributed by atoms with E-state index in [0.29, 0.717) is 0 Å². The van der Waals surface area contributed by atoms with Crippen LogP contribution in [-0.2, 0) is 13.0 Å². The number of nitrogens with zero attached hydrogens (tertiary/aromatic N) is 2. The van der Waals surface area contributed by atoms with E-state index in [0.717, 1.165) is 31.8 Å². The molecule has 0 radical (unpaired) electrons. The summed E-state index contributed by atoms with van der Waals surface area (Å²) in [6.45, 7) is 1.97. The first kappa shape index (κ1) is 10.3. The Hall–Kier alpha value is -1.20. The highest BCUT2D eigenvalue weighted by molar-refractivity contribution is 7.07. The topological polar surface area (TPSA) is 53.6 Å². The molecule has 80 valence electrons. The summed E-state index contributed by atoms with van der Waals surface area (Å²) in [5, 5.41) is 14.3. The lowest BCUT2D eigenvalue weighted by Crippen LogP contribution is -2.15. The van der Waals surface area contributed by atoms with Crippen LogP contribution in [0, 0.1) is 0 Å². The smallest absolute Gasteiger partial charge is 0.137 e. The van der Waals surface area contributed by atoms with Crippen molar-refractivity contribution in [2.75, 3.05) is 6.54 Å². The lowest BCUT2D eigenvalue weighted by Gasteiger charge is -2.01. The van der Waals surface area contributed by atoms with Crippen molar-refractivity contribution in [1.29, 1.82) is 0 Å². The molecule has 2 N–H and O–H groups in total. The van der Waals surface area contributed by atoms with Crippen molar-refractivity contribution in [3.05, 3.63) is 34.5 Å². The zero-order valence-corrected chi connectivity index (χ0v) is 9.26. The van der Waals surface area contributed by atoms with Crippen molar-refractivity contribution in [1.82, 2.24) is 20.5 Å². The van der Waals surface area contributed by atoms with Crippen LogP contribution in [0.3, 0.4) is 0 Å². The monoisotopic (exact) mass is 222 g/mol. The molecule has 2 aromatic heterocycles. The van der Waals surface area contributed by atoms with E-state index in [9.17, 15) is 0 Å². The lowest BCUT2D eigenvalue weighted by atomic mass is 10.3. The van der Waals surface area contributed by atoms with Gasteiger partial charge < -0.3 is 5.32 Å². The van der Waals surface area contributed by atoms with Gasteiger partial charge in [-0.3, -0.25) is 5.10 Å². The van der Waals surface area contributed by atoms with E-state index >= 15 is 0 Å². The Bertz CT molecular complexity index is 318. The zero-order valence-electron chi connectivity index (χ0n) is 8.44. The average molecular weight is 222 g/mol. The van der Waals surface area contributed by atoms with Crippen LogP contribution in [0.5, 0.6) is 0 Å². The number of hydrogen-bond acceptors (Lipinski definition) is 4. The number of H-pyrrole nitrogens is 1. The molecule has 2 heterocycles. The van der Waals surface area contributed by atoms with Crippen LogP contribution >= 0.6 is 11.3 Å². The summed E-state index contributed by atoms with van der Waals surface area (Å²) in [5.74, 6) is 0.965. The van der Waals surface area contributed by atoms with Gasteiger partial charge in [0, 0.05) is 13.0 Å². The van der Waals surface area contributed by atoms with Gasteiger partial charge in [-0.25, -0.2) is 4.98 Å². The Morgan fingerprint density at radius 3 is 3.20 bits per heavy atom. The molecular weight excluding hydrogens is 208 g/mol. The summed E-state index contributed by atoms with van der Waals surface area (Å²) in [4.78, 5) is 4.07. The van der Waals surface area contributed by atoms with Gasteiger partial charge >= 0.3 is 0 Å². The van der Waals surface area contributed by atoms with Crippen LogP contribution in [0.4, 0.5) is 0 Å². The minimum Gasteiger partial charge on any atom is -0.313 e. The Morgan fingerprint density at radius 2 is 2.47 bits per heavy atom. The van der Waals surface area contributed by atoms with Gasteiger partial charge in [0.2, 0.25) is 0 Å². The van der Waals surface area contributed by atoms with E-state index in [4.69, 9.17) is 0 Å². The van der Waals surface area contributed by atoms with Gasteiger partial charge in [0.25, 0.3) is 0 Å². The summed E-state index contributed by atoms with van der Waals surface area (Å²) in [6, 6.07) is 2.15. The van der Waals surface area contributed by atoms with Crippen LogP contribution in [0.2, 0.25) is 0 Å². The second kappa shape index (κ2) is 5.63. The number of aryl methyl sites for hydroxylation is 1. The van der Waals surface area contributed by atoms with Crippen LogP contribution in [0.1, 0.15) is 17.8 Å². The van der Waals surface area contributed by atoms with Crippen LogP contribution in [-0.4, -0.2) is 21.7 Å². The highest BCUT2D eigenvalue weighted by Gasteiger charge is 1.95. The van der Waals surface area contributed by atoms with Gasteiger partial charge in [0.15, 0.2) is 0 Å². The fourth-order valence-corrected chi connectivity index (χ4v) is 2.03. The van der Waals surface area contributed by atoms with Gasteiger partial charge in [-0.15, -0.1) is 0 Å². The number of hydrogen-bond donors (Lipinski definition) is 2. The Morgan fingerprint density at radius 1 is 1.47 bits per heavy atom. The molecule has 2 rings (SSSR count). The minimum atomic E-state index is 0.955. The minimum absolute atomic E-state index is 0.955. The second-order valence-electron chi connectivity index (χ2n) is 3.34. The predicted octanol–water partition coefficient (Wildman–Crippen LogP) is 1.59. The van der Waals surface area contributed by atoms with E-state index in [2.05, 4.69) is 37.3 Å². The van der Waals surface area contributed by atoms with Gasteiger partial charge in [-0.2, -0.15) is 16.4 Å².